The molecule has 0 aliphatic heterocycles. The van der Waals surface area contributed by atoms with Gasteiger partial charge in [-0.3, -0.25) is 14.9 Å². The van der Waals surface area contributed by atoms with E-state index in [2.05, 4.69) is 30.4 Å². The van der Waals surface area contributed by atoms with E-state index < -0.39 is 0 Å². The van der Waals surface area contributed by atoms with Gasteiger partial charge in [0.2, 0.25) is 11.0 Å². The van der Waals surface area contributed by atoms with Crippen LogP contribution in [0.1, 0.15) is 41.0 Å². The number of hydrogen-bond donors (Lipinski definition) is 2. The number of amides is 2. The van der Waals surface area contributed by atoms with Crippen LogP contribution < -0.4 is 10.6 Å². The number of aryl methyl sites for hydroxylation is 1. The minimum Gasteiger partial charge on any atom is -0.353 e. The maximum absolute atomic E-state index is 12.1. The van der Waals surface area contributed by atoms with Gasteiger partial charge in [0.1, 0.15) is 4.88 Å². The molecule has 2 aromatic rings. The third-order valence-corrected chi connectivity index (χ3v) is 6.33. The summed E-state index contributed by atoms with van der Waals surface area (Å²) in [5.74, 6) is 0.0185. The van der Waals surface area contributed by atoms with Crippen molar-refractivity contribution in [2.24, 2.45) is 0 Å². The van der Waals surface area contributed by atoms with Gasteiger partial charge in [0, 0.05) is 6.04 Å². The maximum Gasteiger partial charge on any atom is 0.271 e. The molecule has 0 unspecified atom stereocenters. The summed E-state index contributed by atoms with van der Waals surface area (Å²) < 4.78 is 4.37. The highest BCUT2D eigenvalue weighted by Crippen LogP contribution is 2.26. The second kappa shape index (κ2) is 7.99. The van der Waals surface area contributed by atoms with Crippen molar-refractivity contribution in [3.8, 4) is 0 Å². The molecule has 8 nitrogen and oxygen atoms in total. The second-order valence-electron chi connectivity index (χ2n) is 5.35. The van der Waals surface area contributed by atoms with E-state index in [-0.39, 0.29) is 11.8 Å². The highest BCUT2D eigenvalue weighted by molar-refractivity contribution is 8.01. The zero-order valence-corrected chi connectivity index (χ0v) is 15.4. The van der Waals surface area contributed by atoms with Gasteiger partial charge < -0.3 is 5.32 Å². The lowest BCUT2D eigenvalue weighted by Gasteiger charge is -2.10. The Hall–Kier alpha value is -1.59. The summed E-state index contributed by atoms with van der Waals surface area (Å²) in [5, 5.41) is 17.8. The minimum atomic E-state index is -0.297. The summed E-state index contributed by atoms with van der Waals surface area (Å²) in [6, 6.07) is 0.318. The molecule has 128 valence electrons. The third-order valence-electron chi connectivity index (χ3n) is 3.53. The highest BCUT2D eigenvalue weighted by Gasteiger charge is 2.18. The Morgan fingerprint density at radius 2 is 2.04 bits per heavy atom. The Bertz CT molecular complexity index is 725. The number of carbonyl (C=O) groups excluding carboxylic acids is 2. The molecule has 2 heterocycles. The molecular formula is C13H16N6O2S3. The molecule has 2 aromatic heterocycles. The molecule has 1 aliphatic carbocycles. The quantitative estimate of drug-likeness (QED) is 0.580. The standard InChI is InChI=1S/C13H16N6O2S3/c1-7-10(24-19-16-7)11(21)15-12-17-18-13(23-12)22-6-9(20)14-8-4-2-3-5-8/h8H,2-6H2,1H3,(H,14,20)(H,15,17,21). The summed E-state index contributed by atoms with van der Waals surface area (Å²) in [7, 11) is 0. The van der Waals surface area contributed by atoms with E-state index in [1.807, 2.05) is 0 Å². The van der Waals surface area contributed by atoms with Crippen LogP contribution in [0.2, 0.25) is 0 Å². The van der Waals surface area contributed by atoms with Gasteiger partial charge in [-0.1, -0.05) is 40.4 Å². The number of thioether (sulfide) groups is 1. The Morgan fingerprint density at radius 1 is 1.25 bits per heavy atom. The third kappa shape index (κ3) is 4.48. The fraction of sp³-hybridized carbons (Fsp3) is 0.538. The summed E-state index contributed by atoms with van der Waals surface area (Å²) in [6.07, 6.45) is 4.51. The van der Waals surface area contributed by atoms with Crippen molar-refractivity contribution in [1.82, 2.24) is 25.1 Å². The number of nitrogens with zero attached hydrogens (tertiary/aromatic N) is 4. The molecule has 1 saturated carbocycles. The number of carbonyl (C=O) groups is 2. The average molecular weight is 385 g/mol. The van der Waals surface area contributed by atoms with Crippen LogP contribution in [0.4, 0.5) is 5.13 Å². The van der Waals surface area contributed by atoms with Gasteiger partial charge in [-0.05, 0) is 31.3 Å². The highest BCUT2D eigenvalue weighted by atomic mass is 32.2. The molecule has 0 atom stereocenters. The smallest absolute Gasteiger partial charge is 0.271 e. The van der Waals surface area contributed by atoms with E-state index in [1.54, 1.807) is 6.92 Å². The first kappa shape index (κ1) is 17.2. The SMILES string of the molecule is Cc1nnsc1C(=O)Nc1nnc(SCC(=O)NC2CCCC2)s1. The Labute approximate surface area is 151 Å². The molecule has 2 N–H and O–H groups in total. The van der Waals surface area contributed by atoms with Crippen LogP contribution in [-0.2, 0) is 4.79 Å². The van der Waals surface area contributed by atoms with Crippen molar-refractivity contribution in [2.75, 3.05) is 11.1 Å². The summed E-state index contributed by atoms with van der Waals surface area (Å²) in [6.45, 7) is 1.72. The zero-order chi connectivity index (χ0) is 16.9. The van der Waals surface area contributed by atoms with E-state index in [9.17, 15) is 9.59 Å². The van der Waals surface area contributed by atoms with E-state index in [0.717, 1.165) is 24.4 Å². The minimum absolute atomic E-state index is 0.0130. The predicted octanol–water partition coefficient (Wildman–Crippen LogP) is 2.10. The van der Waals surface area contributed by atoms with Gasteiger partial charge in [0.25, 0.3) is 5.91 Å². The average Bonchev–Trinajstić information content (AvgIpc) is 3.27. The topological polar surface area (TPSA) is 110 Å². The number of rotatable bonds is 6. The Kier molecular flexibility index (Phi) is 5.74. The van der Waals surface area contributed by atoms with Gasteiger partial charge in [-0.2, -0.15) is 0 Å². The molecule has 1 aliphatic rings. The second-order valence-corrected chi connectivity index (χ2v) is 8.31. The molecule has 1 fully saturated rings. The monoisotopic (exact) mass is 384 g/mol. The number of hydrogen-bond acceptors (Lipinski definition) is 9. The van der Waals surface area contributed by atoms with Crippen LogP contribution in [-0.4, -0.2) is 43.4 Å². The molecule has 2 amide bonds. The molecule has 0 saturated heterocycles. The van der Waals surface area contributed by atoms with Gasteiger partial charge in [0.15, 0.2) is 4.34 Å². The molecule has 0 bridgehead atoms. The van der Waals surface area contributed by atoms with E-state index in [4.69, 9.17) is 0 Å². The molecule has 3 rings (SSSR count). The zero-order valence-electron chi connectivity index (χ0n) is 12.9. The van der Waals surface area contributed by atoms with Crippen molar-refractivity contribution in [3.63, 3.8) is 0 Å². The summed E-state index contributed by atoms with van der Waals surface area (Å²) in [5.41, 5.74) is 0.584. The van der Waals surface area contributed by atoms with Gasteiger partial charge >= 0.3 is 0 Å². The summed E-state index contributed by atoms with van der Waals surface area (Å²) >= 11 is 3.60. The predicted molar refractivity (Wildman–Crippen MR) is 93.6 cm³/mol. The molecular weight excluding hydrogens is 368 g/mol. The molecule has 24 heavy (non-hydrogen) atoms. The van der Waals surface area contributed by atoms with Crippen molar-refractivity contribution in [2.45, 2.75) is 43.0 Å². The fourth-order valence-corrected chi connectivity index (χ4v) is 4.49. The van der Waals surface area contributed by atoms with E-state index >= 15 is 0 Å². The Morgan fingerprint density at radius 3 is 2.75 bits per heavy atom. The lowest BCUT2D eigenvalue weighted by atomic mass is 10.2. The van der Waals surface area contributed by atoms with Gasteiger partial charge in [-0.25, -0.2) is 0 Å². The first-order valence-electron chi connectivity index (χ1n) is 7.48. The van der Waals surface area contributed by atoms with E-state index in [1.165, 1.54) is 35.9 Å². The maximum atomic E-state index is 12.1. The molecule has 11 heteroatoms. The molecule has 0 aromatic carbocycles. The van der Waals surface area contributed by atoms with Crippen LogP contribution in [0, 0.1) is 6.92 Å². The first-order chi connectivity index (χ1) is 11.6. The van der Waals surface area contributed by atoms with Gasteiger partial charge in [0.05, 0.1) is 11.4 Å². The van der Waals surface area contributed by atoms with Crippen molar-refractivity contribution in [3.05, 3.63) is 10.6 Å². The van der Waals surface area contributed by atoms with Crippen molar-refractivity contribution >= 4 is 51.6 Å². The van der Waals surface area contributed by atoms with Crippen LogP contribution in [0.25, 0.3) is 0 Å². The van der Waals surface area contributed by atoms with E-state index in [0.29, 0.717) is 31.8 Å². The van der Waals surface area contributed by atoms with Crippen LogP contribution in [0.15, 0.2) is 4.34 Å². The Balaban J connectivity index is 1.47. The van der Waals surface area contributed by atoms with Crippen LogP contribution >= 0.6 is 34.6 Å². The fourth-order valence-electron chi connectivity index (χ4n) is 2.38. The van der Waals surface area contributed by atoms with Crippen LogP contribution in [0.3, 0.4) is 0 Å². The van der Waals surface area contributed by atoms with Crippen LogP contribution in [0.5, 0.6) is 0 Å². The largest absolute Gasteiger partial charge is 0.353 e. The van der Waals surface area contributed by atoms with Crippen molar-refractivity contribution in [1.29, 1.82) is 0 Å². The lowest BCUT2D eigenvalue weighted by molar-refractivity contribution is -0.119. The number of nitrogens with one attached hydrogen (secondary N) is 2. The number of aromatic nitrogens is 4. The lowest BCUT2D eigenvalue weighted by Crippen LogP contribution is -2.33. The number of anilines is 1. The first-order valence-corrected chi connectivity index (χ1v) is 10.1. The normalized spacial score (nSPS) is 14.7. The molecule has 0 radical (unpaired) electrons. The summed E-state index contributed by atoms with van der Waals surface area (Å²) in [4.78, 5) is 24.4. The molecule has 0 spiro atoms. The van der Waals surface area contributed by atoms with Gasteiger partial charge in [-0.15, -0.1) is 15.3 Å². The van der Waals surface area contributed by atoms with Crippen molar-refractivity contribution < 1.29 is 9.59 Å².